The Balaban J connectivity index is 0.954. The Morgan fingerprint density at radius 1 is 0.800 bits per heavy atom. The zero-order valence-corrected chi connectivity index (χ0v) is 36.7. The lowest BCUT2D eigenvalue weighted by atomic mass is 9.42. The van der Waals surface area contributed by atoms with Crippen molar-refractivity contribution in [3.8, 4) is 0 Å². The summed E-state index contributed by atoms with van der Waals surface area (Å²) < 4.78 is 0. The van der Waals surface area contributed by atoms with E-state index in [0.29, 0.717) is 59.5 Å². The van der Waals surface area contributed by atoms with Gasteiger partial charge in [-0.15, -0.1) is 0 Å². The van der Waals surface area contributed by atoms with Crippen LogP contribution in [-0.2, 0) is 14.4 Å². The first kappa shape index (κ1) is 40.3. The van der Waals surface area contributed by atoms with Crippen molar-refractivity contribution < 1.29 is 24.6 Å². The molecule has 0 amide bonds. The first-order valence-corrected chi connectivity index (χ1v) is 23.2. The minimum absolute atomic E-state index is 0.0854. The van der Waals surface area contributed by atoms with Crippen molar-refractivity contribution in [2.75, 3.05) is 0 Å². The molecule has 0 aromatic rings. The summed E-state index contributed by atoms with van der Waals surface area (Å²) in [6.45, 7) is 23.2. The van der Waals surface area contributed by atoms with Crippen molar-refractivity contribution >= 4 is 17.5 Å². The SMILES string of the molecule is CC(CC(=O)C1CC=C(CCC2C(C)(O)CCC3C(C)(C)CCCC32C)CC1(C)C(=O)O)C1CCC2(C)C3CCC4C(C)(C)C(=O)CCC45CC35CCC12C. The van der Waals surface area contributed by atoms with Gasteiger partial charge in [-0.1, -0.05) is 73.5 Å². The molecule has 0 aromatic carbocycles. The molecule has 0 aliphatic heterocycles. The highest BCUT2D eigenvalue weighted by Crippen LogP contribution is 2.89. The molecule has 14 atom stereocenters. The van der Waals surface area contributed by atoms with Crippen LogP contribution in [0.25, 0.3) is 0 Å². The van der Waals surface area contributed by atoms with Crippen LogP contribution >= 0.6 is 0 Å². The summed E-state index contributed by atoms with van der Waals surface area (Å²) in [5.74, 6) is 2.04. The summed E-state index contributed by atoms with van der Waals surface area (Å²) in [6.07, 6.45) is 21.4. The maximum atomic E-state index is 14.5. The van der Waals surface area contributed by atoms with E-state index in [1.165, 1.54) is 63.4 Å². The maximum absolute atomic E-state index is 14.5. The van der Waals surface area contributed by atoms with Crippen molar-refractivity contribution in [1.29, 1.82) is 0 Å². The van der Waals surface area contributed by atoms with Crippen LogP contribution in [0.3, 0.4) is 0 Å². The van der Waals surface area contributed by atoms with Gasteiger partial charge in [0, 0.05) is 24.2 Å². The van der Waals surface area contributed by atoms with Gasteiger partial charge in [0.15, 0.2) is 0 Å². The lowest BCUT2D eigenvalue weighted by Crippen LogP contribution is -2.57. The van der Waals surface area contributed by atoms with Gasteiger partial charge in [-0.3, -0.25) is 14.4 Å². The number of carbonyl (C=O) groups excluding carboxylic acids is 2. The van der Waals surface area contributed by atoms with Crippen LogP contribution in [0.2, 0.25) is 0 Å². The molecule has 5 nitrogen and oxygen atoms in total. The normalized spacial score (nSPS) is 51.3. The lowest BCUT2D eigenvalue weighted by Gasteiger charge is -2.62. The van der Waals surface area contributed by atoms with Gasteiger partial charge >= 0.3 is 5.97 Å². The van der Waals surface area contributed by atoms with Crippen molar-refractivity contribution in [3.63, 3.8) is 0 Å². The smallest absolute Gasteiger partial charge is 0.310 e. The summed E-state index contributed by atoms with van der Waals surface area (Å²) in [7, 11) is 0. The largest absolute Gasteiger partial charge is 0.481 e. The molecule has 2 spiro atoms. The number of allylic oxidation sites excluding steroid dienone is 2. The van der Waals surface area contributed by atoms with Crippen molar-refractivity contribution in [3.05, 3.63) is 11.6 Å². The van der Waals surface area contributed by atoms with Gasteiger partial charge in [0.1, 0.15) is 11.6 Å². The van der Waals surface area contributed by atoms with E-state index in [1.54, 1.807) is 0 Å². The molecule has 0 radical (unpaired) electrons. The molecule has 7 saturated carbocycles. The van der Waals surface area contributed by atoms with E-state index >= 15 is 0 Å². The van der Waals surface area contributed by atoms with Crippen LogP contribution < -0.4 is 0 Å². The number of rotatable bonds is 8. The predicted octanol–water partition coefficient (Wildman–Crippen LogP) is 11.8. The van der Waals surface area contributed by atoms with Gasteiger partial charge in [0.05, 0.1) is 11.0 Å². The molecule has 0 aromatic heterocycles. The molecular formula is C50H78O5. The van der Waals surface area contributed by atoms with E-state index in [-0.39, 0.29) is 44.7 Å². The van der Waals surface area contributed by atoms with E-state index < -0.39 is 22.9 Å². The number of carbonyl (C=O) groups is 3. The lowest BCUT2D eigenvalue weighted by molar-refractivity contribution is -0.169. The topological polar surface area (TPSA) is 91.7 Å². The fraction of sp³-hybridized carbons (Fsp3) is 0.900. The molecule has 0 saturated heterocycles. The van der Waals surface area contributed by atoms with Gasteiger partial charge in [-0.05, 0) is 185 Å². The first-order chi connectivity index (χ1) is 25.5. The molecule has 14 unspecified atom stereocenters. The highest BCUT2D eigenvalue weighted by atomic mass is 16.4. The quantitative estimate of drug-likeness (QED) is 0.241. The van der Waals surface area contributed by atoms with Gasteiger partial charge in [0.2, 0.25) is 0 Å². The zero-order valence-electron chi connectivity index (χ0n) is 36.7. The Morgan fingerprint density at radius 3 is 2.20 bits per heavy atom. The van der Waals surface area contributed by atoms with Crippen molar-refractivity contribution in [2.24, 2.45) is 84.7 Å². The Labute approximate surface area is 334 Å². The number of hydrogen-bond acceptors (Lipinski definition) is 4. The molecule has 8 rings (SSSR count). The number of carboxylic acids is 1. The summed E-state index contributed by atoms with van der Waals surface area (Å²) >= 11 is 0. The molecule has 8 aliphatic carbocycles. The minimum Gasteiger partial charge on any atom is -0.481 e. The third-order valence-electron chi connectivity index (χ3n) is 21.5. The van der Waals surface area contributed by atoms with E-state index in [1.807, 2.05) is 6.92 Å². The first-order valence-electron chi connectivity index (χ1n) is 23.2. The number of aliphatic carboxylic acids is 1. The van der Waals surface area contributed by atoms with Gasteiger partial charge in [0.25, 0.3) is 0 Å². The number of carboxylic acid groups (broad SMARTS) is 1. The van der Waals surface area contributed by atoms with E-state index in [2.05, 4.69) is 68.4 Å². The summed E-state index contributed by atoms with van der Waals surface area (Å²) in [6, 6.07) is 0. The molecule has 2 N–H and O–H groups in total. The molecule has 0 bridgehead atoms. The van der Waals surface area contributed by atoms with Crippen molar-refractivity contribution in [1.82, 2.24) is 0 Å². The zero-order chi connectivity index (χ0) is 40.0. The molecule has 7 fully saturated rings. The second-order valence-corrected chi connectivity index (χ2v) is 24.4. The molecule has 8 aliphatic rings. The number of aliphatic hydroxyl groups is 1. The van der Waals surface area contributed by atoms with Crippen LogP contribution in [0.15, 0.2) is 11.6 Å². The molecule has 5 heteroatoms. The molecule has 55 heavy (non-hydrogen) atoms. The van der Waals surface area contributed by atoms with E-state index in [9.17, 15) is 24.6 Å². The second kappa shape index (κ2) is 12.5. The number of ketones is 2. The Kier molecular flexibility index (Phi) is 9.17. The Hall–Kier alpha value is -1.49. The van der Waals surface area contributed by atoms with Gasteiger partial charge < -0.3 is 10.2 Å². The summed E-state index contributed by atoms with van der Waals surface area (Å²) in [5, 5.41) is 22.6. The minimum atomic E-state index is -1.10. The van der Waals surface area contributed by atoms with Crippen molar-refractivity contribution in [2.45, 2.75) is 197 Å². The Bertz CT molecular complexity index is 1650. The second-order valence-electron chi connectivity index (χ2n) is 24.4. The summed E-state index contributed by atoms with van der Waals surface area (Å²) in [5.41, 5.74) is 0.738. The number of fused-ring (bicyclic) bond motifs is 3. The van der Waals surface area contributed by atoms with E-state index in [0.717, 1.165) is 44.9 Å². The fourth-order valence-electron chi connectivity index (χ4n) is 18.4. The molecular weight excluding hydrogens is 681 g/mol. The van der Waals surface area contributed by atoms with E-state index in [4.69, 9.17) is 0 Å². The fourth-order valence-corrected chi connectivity index (χ4v) is 18.4. The van der Waals surface area contributed by atoms with Crippen LogP contribution in [0.4, 0.5) is 0 Å². The van der Waals surface area contributed by atoms with Crippen LogP contribution in [0.5, 0.6) is 0 Å². The maximum Gasteiger partial charge on any atom is 0.310 e. The average molecular weight is 759 g/mol. The monoisotopic (exact) mass is 759 g/mol. The third kappa shape index (κ3) is 5.40. The number of hydrogen-bond donors (Lipinski definition) is 2. The highest BCUT2D eigenvalue weighted by molar-refractivity contribution is 5.89. The van der Waals surface area contributed by atoms with Crippen LogP contribution in [0, 0.1) is 84.7 Å². The van der Waals surface area contributed by atoms with Gasteiger partial charge in [-0.25, -0.2) is 0 Å². The molecule has 308 valence electrons. The molecule has 0 heterocycles. The average Bonchev–Trinajstić information content (AvgIpc) is 3.67. The van der Waals surface area contributed by atoms with Gasteiger partial charge in [-0.2, -0.15) is 0 Å². The third-order valence-corrected chi connectivity index (χ3v) is 21.5. The van der Waals surface area contributed by atoms with Crippen LogP contribution in [0.1, 0.15) is 191 Å². The number of Topliss-reactive ketones (excluding diaryl/α,β-unsaturated/α-hetero) is 2. The highest BCUT2D eigenvalue weighted by Gasteiger charge is 2.82. The Morgan fingerprint density at radius 2 is 1.49 bits per heavy atom. The summed E-state index contributed by atoms with van der Waals surface area (Å²) in [4.78, 5) is 40.7. The standard InChI is InChI=1S/C50H78O5/c1-31(33-18-23-47(9)39-17-16-37-43(4,5)40(52)20-25-49(37)30-50(39,49)27-26-46(33,47)8)28-35(51)34-14-12-32(29-45(34,7)41(53)54)13-15-38-44(6)22-11-21-42(2,3)36(44)19-24-48(38,10)55/h12,31,33-34,36-39,55H,11,13-30H2,1-10H3,(H,53,54). The predicted molar refractivity (Wildman–Crippen MR) is 219 cm³/mol. The van der Waals surface area contributed by atoms with Crippen LogP contribution in [-0.4, -0.2) is 33.3 Å².